The molecule has 0 fully saturated rings. The molecule has 26 heteroatoms. The minimum atomic E-state index is -1.27. The average molecular weight is 1160 g/mol. The van der Waals surface area contributed by atoms with E-state index in [4.69, 9.17) is 43.6 Å². The Bertz CT molecular complexity index is 2740. The Morgan fingerprint density at radius 2 is 1.22 bits per heavy atom. The summed E-state index contributed by atoms with van der Waals surface area (Å²) in [7, 11) is 1.18. The summed E-state index contributed by atoms with van der Waals surface area (Å²) in [5.41, 5.74) is 10.4. The van der Waals surface area contributed by atoms with Crippen molar-refractivity contribution in [1.29, 1.82) is 0 Å². The van der Waals surface area contributed by atoms with E-state index in [0.717, 1.165) is 22.3 Å². The summed E-state index contributed by atoms with van der Waals surface area (Å²) in [6.45, 7) is 5.44. The van der Waals surface area contributed by atoms with Crippen molar-refractivity contribution in [3.05, 3.63) is 124 Å². The van der Waals surface area contributed by atoms with E-state index in [9.17, 15) is 48.5 Å². The third-order valence-corrected chi connectivity index (χ3v) is 12.6. The van der Waals surface area contributed by atoms with Gasteiger partial charge in [0.15, 0.2) is 0 Å². The van der Waals surface area contributed by atoms with Crippen LogP contribution in [-0.4, -0.2) is 151 Å². The summed E-state index contributed by atoms with van der Waals surface area (Å²) in [4.78, 5) is 113. The number of carbonyl (C=O) groups excluding carboxylic acids is 8. The van der Waals surface area contributed by atoms with Crippen LogP contribution in [0.3, 0.4) is 0 Å². The van der Waals surface area contributed by atoms with Crippen LogP contribution in [0, 0.1) is 16.0 Å². The van der Waals surface area contributed by atoms with Crippen LogP contribution in [0.15, 0.2) is 97.1 Å². The third-order valence-electron chi connectivity index (χ3n) is 12.6. The van der Waals surface area contributed by atoms with Gasteiger partial charge in [0.2, 0.25) is 23.6 Å². The van der Waals surface area contributed by atoms with Gasteiger partial charge in [-0.2, -0.15) is 0 Å². The number of nitro groups is 1. The lowest BCUT2D eigenvalue weighted by atomic mass is 9.98. The van der Waals surface area contributed by atoms with E-state index in [1.165, 1.54) is 43.5 Å². The minimum Gasteiger partial charge on any atom is -0.469 e. The number of rotatable bonds is 36. The van der Waals surface area contributed by atoms with Gasteiger partial charge in [0.1, 0.15) is 37.1 Å². The molecule has 83 heavy (non-hydrogen) atoms. The normalized spacial score (nSPS) is 12.5. The summed E-state index contributed by atoms with van der Waals surface area (Å²) >= 11 is 0. The molecule has 0 saturated heterocycles. The van der Waals surface area contributed by atoms with Gasteiger partial charge in [-0.15, -0.1) is 0 Å². The molecule has 8 N–H and O–H groups in total. The SMILES string of the molecule is COC(=O)CC[C@@H](NC(=O)CCOCCOCCOCCOCCNC(=O)OCC1c2ccccc2-c2ccccc21)C(=O)N[C@H](C(=O)N[C@@H](CCCNC(N)=O)C(=O)Nc1ccc(COC(=O)Oc2ccc([N+](=O)[O-])cc2)cc1)C(C)C. The summed E-state index contributed by atoms with van der Waals surface area (Å²) < 4.78 is 42.6. The number of fused-ring (bicyclic) bond motifs is 3. The smallest absolute Gasteiger partial charge is 0.469 e. The van der Waals surface area contributed by atoms with Gasteiger partial charge in [0.05, 0.1) is 64.9 Å². The molecular formula is C57H72N8O18. The number of urea groups is 1. The largest absolute Gasteiger partial charge is 0.514 e. The first-order valence-electron chi connectivity index (χ1n) is 26.9. The van der Waals surface area contributed by atoms with Crippen molar-refractivity contribution < 1.29 is 81.2 Å². The molecule has 4 aromatic rings. The number of primary amides is 1. The van der Waals surface area contributed by atoms with Crippen LogP contribution in [0.5, 0.6) is 5.75 Å². The molecular weight excluding hydrogens is 1080 g/mol. The highest BCUT2D eigenvalue weighted by atomic mass is 16.7. The van der Waals surface area contributed by atoms with Crippen molar-refractivity contribution in [2.45, 2.75) is 76.6 Å². The van der Waals surface area contributed by atoms with Crippen LogP contribution in [0.1, 0.15) is 68.6 Å². The Morgan fingerprint density at radius 3 is 1.81 bits per heavy atom. The zero-order valence-electron chi connectivity index (χ0n) is 46.5. The topological polar surface area (TPSA) is 352 Å². The van der Waals surface area contributed by atoms with Gasteiger partial charge in [-0.3, -0.25) is 34.1 Å². The number of esters is 1. The van der Waals surface area contributed by atoms with Crippen molar-refractivity contribution >= 4 is 59.3 Å². The number of nitrogens with one attached hydrogen (secondary N) is 6. The van der Waals surface area contributed by atoms with Crippen molar-refractivity contribution in [3.63, 3.8) is 0 Å². The van der Waals surface area contributed by atoms with E-state index in [2.05, 4.69) is 56.2 Å². The first kappa shape index (κ1) is 65.1. The molecule has 7 amide bonds. The van der Waals surface area contributed by atoms with Crippen LogP contribution in [0.25, 0.3) is 11.1 Å². The Kier molecular flexibility index (Phi) is 27.6. The molecule has 0 aromatic heterocycles. The quantitative estimate of drug-likeness (QED) is 0.00806. The summed E-state index contributed by atoms with van der Waals surface area (Å²) in [6, 6.07) is 22.7. The maximum atomic E-state index is 13.9. The first-order valence-corrected chi connectivity index (χ1v) is 26.9. The number of carbonyl (C=O) groups is 8. The van der Waals surface area contributed by atoms with Crippen LogP contribution in [0.4, 0.5) is 25.8 Å². The van der Waals surface area contributed by atoms with E-state index in [-0.39, 0.29) is 109 Å². The molecule has 0 aliphatic heterocycles. The highest BCUT2D eigenvalue weighted by Crippen LogP contribution is 2.44. The third kappa shape index (κ3) is 23.0. The number of alkyl carbamates (subject to hydrolysis) is 1. The van der Waals surface area contributed by atoms with Crippen molar-refractivity contribution in [3.8, 4) is 16.9 Å². The highest BCUT2D eigenvalue weighted by Gasteiger charge is 2.33. The lowest BCUT2D eigenvalue weighted by Gasteiger charge is -2.27. The maximum absolute atomic E-state index is 13.9. The van der Waals surface area contributed by atoms with E-state index in [0.29, 0.717) is 31.1 Å². The van der Waals surface area contributed by atoms with Crippen LogP contribution >= 0.6 is 0 Å². The Balaban J connectivity index is 0.971. The van der Waals surface area contributed by atoms with E-state index < -0.39 is 76.8 Å². The lowest BCUT2D eigenvalue weighted by Crippen LogP contribution is -2.58. The molecule has 0 radical (unpaired) electrons. The fraction of sp³-hybridized carbons (Fsp3) is 0.439. The minimum absolute atomic E-state index is 0.0208. The zero-order chi connectivity index (χ0) is 59.9. The average Bonchev–Trinajstić information content (AvgIpc) is 2.57. The molecule has 1 aliphatic carbocycles. The van der Waals surface area contributed by atoms with E-state index in [1.807, 2.05) is 24.3 Å². The summed E-state index contributed by atoms with van der Waals surface area (Å²) in [5, 5.41) is 26.7. The van der Waals surface area contributed by atoms with E-state index >= 15 is 0 Å². The highest BCUT2D eigenvalue weighted by molar-refractivity contribution is 5.99. The molecule has 5 rings (SSSR count). The van der Waals surface area contributed by atoms with Crippen molar-refractivity contribution in [2.24, 2.45) is 11.7 Å². The molecule has 448 valence electrons. The van der Waals surface area contributed by atoms with Gasteiger partial charge in [-0.1, -0.05) is 74.5 Å². The molecule has 0 heterocycles. The first-order chi connectivity index (χ1) is 40.0. The lowest BCUT2D eigenvalue weighted by molar-refractivity contribution is -0.384. The number of ether oxygens (including phenoxy) is 8. The van der Waals surface area contributed by atoms with Crippen LogP contribution in [0.2, 0.25) is 0 Å². The van der Waals surface area contributed by atoms with Gasteiger partial charge < -0.3 is 75.5 Å². The molecule has 0 spiro atoms. The maximum Gasteiger partial charge on any atom is 0.514 e. The second-order valence-electron chi connectivity index (χ2n) is 19.0. The monoisotopic (exact) mass is 1160 g/mol. The molecule has 0 unspecified atom stereocenters. The van der Waals surface area contributed by atoms with Crippen molar-refractivity contribution in [2.75, 3.05) is 85.0 Å². The second kappa shape index (κ2) is 35.2. The number of non-ortho nitro benzene ring substituents is 1. The number of hydrogen-bond acceptors (Lipinski definition) is 18. The Labute approximate surface area is 479 Å². The Morgan fingerprint density at radius 1 is 0.627 bits per heavy atom. The fourth-order valence-electron chi connectivity index (χ4n) is 8.36. The zero-order valence-corrected chi connectivity index (χ0v) is 46.5. The molecule has 1 aliphatic rings. The van der Waals surface area contributed by atoms with Crippen LogP contribution in [-0.2, 0) is 63.7 Å². The number of benzene rings is 4. The molecule has 3 atom stereocenters. The van der Waals surface area contributed by atoms with Gasteiger partial charge >= 0.3 is 24.2 Å². The van der Waals surface area contributed by atoms with Gasteiger partial charge in [-0.05, 0) is 77.3 Å². The number of methoxy groups -OCH3 is 1. The number of nitro benzene ring substituents is 1. The standard InChI is InChI=1S/C57H72N8O18/c1-37(2)51(54(70)63-47(13-8-25-59-55(58)71)52(68)61-39-16-14-38(15-17-39)35-82-57(73)83-41-20-18-40(19-21-41)65(74)75)64-53(69)48(22-23-50(67)76-3)62-49(66)24-27-77-29-31-79-33-34-80-32-30-78-28-26-60-56(72)81-36-46-44-11-6-4-9-42(44)43-10-5-7-12-45(43)46/h4-7,9-12,14-21,37,46-48,51H,8,13,22-36H2,1-3H3,(H,60,72)(H,61,68)(H,62,66)(H,63,70)(H,64,69)(H3,58,59,71)/t47-,48+,51-/m0/s1. The predicted octanol–water partition coefficient (Wildman–Crippen LogP) is 4.76. The molecule has 0 saturated carbocycles. The van der Waals surface area contributed by atoms with Crippen LogP contribution < -0.4 is 42.4 Å². The molecule has 0 bridgehead atoms. The van der Waals surface area contributed by atoms with Gasteiger partial charge in [0, 0.05) is 49.7 Å². The Hall–Kier alpha value is -8.72. The van der Waals surface area contributed by atoms with Gasteiger partial charge in [0.25, 0.3) is 5.69 Å². The number of nitrogens with two attached hydrogens (primary N) is 1. The second-order valence-corrected chi connectivity index (χ2v) is 19.0. The van der Waals surface area contributed by atoms with E-state index in [1.54, 1.807) is 26.0 Å². The number of anilines is 1. The fourth-order valence-corrected chi connectivity index (χ4v) is 8.36. The number of amides is 7. The number of nitrogens with zero attached hydrogens (tertiary/aromatic N) is 1. The number of hydrogen-bond donors (Lipinski definition) is 7. The predicted molar refractivity (Wildman–Crippen MR) is 299 cm³/mol. The molecule has 4 aromatic carbocycles. The van der Waals surface area contributed by atoms with Gasteiger partial charge in [-0.25, -0.2) is 14.4 Å². The summed E-state index contributed by atoms with van der Waals surface area (Å²) in [5.74, 6) is -3.92. The summed E-state index contributed by atoms with van der Waals surface area (Å²) in [6.07, 6.45) is -1.92. The molecule has 26 nitrogen and oxygen atoms in total. The van der Waals surface area contributed by atoms with Crippen molar-refractivity contribution in [1.82, 2.24) is 26.6 Å².